The van der Waals surface area contributed by atoms with Crippen LogP contribution in [0.15, 0.2) is 0 Å². The van der Waals surface area contributed by atoms with Crippen LogP contribution < -0.4 is 5.32 Å². The Kier molecular flexibility index (Phi) is 1.64. The normalized spacial score (nSPS) is 36.3. The minimum absolute atomic E-state index is 0.652. The van der Waals surface area contributed by atoms with E-state index in [1.54, 1.807) is 0 Å². The largest absolute Gasteiger partial charge is 0.301 e. The lowest BCUT2D eigenvalue weighted by atomic mass is 10.3. The molecule has 3 heteroatoms. The fourth-order valence-corrected chi connectivity index (χ4v) is 1.85. The van der Waals surface area contributed by atoms with Crippen molar-refractivity contribution in [3.63, 3.8) is 0 Å². The topological polar surface area (TPSA) is 18.5 Å². The maximum Gasteiger partial charge on any atom is 0.0739 e. The zero-order chi connectivity index (χ0) is 6.97. The Morgan fingerprint density at radius 1 is 1.50 bits per heavy atom. The van der Waals surface area contributed by atoms with Gasteiger partial charge in [-0.2, -0.15) is 0 Å². The molecule has 3 nitrogen and oxygen atoms in total. The molecule has 1 atom stereocenters. The predicted octanol–water partition coefficient (Wildman–Crippen LogP) is -0.489. The van der Waals surface area contributed by atoms with Gasteiger partial charge in [0, 0.05) is 13.1 Å². The molecule has 0 bridgehead atoms. The van der Waals surface area contributed by atoms with Crippen molar-refractivity contribution in [3.8, 4) is 0 Å². The average molecular weight is 141 g/mol. The quantitative estimate of drug-likeness (QED) is 0.491. The van der Waals surface area contributed by atoms with Gasteiger partial charge in [0.05, 0.1) is 12.8 Å². The second-order valence-electron chi connectivity index (χ2n) is 3.32. The molecule has 2 aliphatic rings. The molecule has 2 aliphatic heterocycles. The van der Waals surface area contributed by atoms with Gasteiger partial charge in [-0.05, 0) is 20.0 Å². The molecule has 0 saturated carbocycles. The first-order chi connectivity index (χ1) is 4.86. The molecule has 0 aromatic carbocycles. The third-order valence-electron chi connectivity index (χ3n) is 2.35. The van der Waals surface area contributed by atoms with Crippen LogP contribution in [0, 0.1) is 0 Å². The van der Waals surface area contributed by atoms with Gasteiger partial charge in [-0.3, -0.25) is 9.80 Å². The fraction of sp³-hybridized carbons (Fsp3) is 1.00. The minimum Gasteiger partial charge on any atom is -0.301 e. The molecule has 0 aliphatic carbocycles. The molecule has 1 unspecified atom stereocenters. The summed E-state index contributed by atoms with van der Waals surface area (Å²) in [6.07, 6.45) is 1.96. The van der Waals surface area contributed by atoms with Crippen molar-refractivity contribution in [2.24, 2.45) is 0 Å². The number of likely N-dealkylation sites (N-methyl/N-ethyl adjacent to an activating group) is 1. The first-order valence-corrected chi connectivity index (χ1v) is 4.02. The van der Waals surface area contributed by atoms with Crippen LogP contribution in [0.25, 0.3) is 0 Å². The molecule has 10 heavy (non-hydrogen) atoms. The van der Waals surface area contributed by atoms with Gasteiger partial charge >= 0.3 is 0 Å². The number of nitrogens with zero attached hydrogens (tertiary/aromatic N) is 2. The highest BCUT2D eigenvalue weighted by Gasteiger charge is 2.29. The highest BCUT2D eigenvalue weighted by atomic mass is 15.4. The number of fused-ring (bicyclic) bond motifs is 1. The molecule has 2 rings (SSSR count). The average Bonchev–Trinajstić information content (AvgIpc) is 2.27. The minimum atomic E-state index is 0.652. The van der Waals surface area contributed by atoms with Crippen LogP contribution in [-0.4, -0.2) is 49.3 Å². The maximum absolute atomic E-state index is 3.50. The van der Waals surface area contributed by atoms with E-state index in [0.29, 0.717) is 6.17 Å². The van der Waals surface area contributed by atoms with E-state index in [2.05, 4.69) is 22.2 Å². The van der Waals surface area contributed by atoms with Crippen LogP contribution in [0.2, 0.25) is 0 Å². The van der Waals surface area contributed by atoms with Crippen molar-refractivity contribution in [2.75, 3.05) is 33.4 Å². The lowest BCUT2D eigenvalue weighted by Gasteiger charge is -2.28. The highest BCUT2D eigenvalue weighted by Crippen LogP contribution is 2.12. The van der Waals surface area contributed by atoms with Crippen LogP contribution in [0.1, 0.15) is 6.42 Å². The second kappa shape index (κ2) is 2.49. The Balaban J connectivity index is 1.97. The van der Waals surface area contributed by atoms with Crippen LogP contribution in [0.3, 0.4) is 0 Å². The third-order valence-corrected chi connectivity index (χ3v) is 2.35. The van der Waals surface area contributed by atoms with Crippen molar-refractivity contribution in [1.82, 2.24) is 15.1 Å². The molecule has 2 saturated heterocycles. The van der Waals surface area contributed by atoms with Gasteiger partial charge in [0.15, 0.2) is 0 Å². The molecule has 0 spiro atoms. The number of hydrogen-bond acceptors (Lipinski definition) is 3. The summed E-state index contributed by atoms with van der Waals surface area (Å²) < 4.78 is 0. The summed E-state index contributed by atoms with van der Waals surface area (Å²) in [5.41, 5.74) is 0. The molecule has 0 aromatic rings. The Labute approximate surface area is 62.0 Å². The summed E-state index contributed by atoms with van der Waals surface area (Å²) in [5, 5.41) is 3.50. The van der Waals surface area contributed by atoms with E-state index in [1.165, 1.54) is 26.1 Å². The second-order valence-corrected chi connectivity index (χ2v) is 3.32. The monoisotopic (exact) mass is 141 g/mol. The lowest BCUT2D eigenvalue weighted by Crippen LogP contribution is -2.48. The molecule has 58 valence electrons. The van der Waals surface area contributed by atoms with E-state index in [-0.39, 0.29) is 0 Å². The summed E-state index contributed by atoms with van der Waals surface area (Å²) in [7, 11) is 2.18. The summed E-state index contributed by atoms with van der Waals surface area (Å²) in [4.78, 5) is 4.87. The molecule has 2 fully saturated rings. The van der Waals surface area contributed by atoms with Gasteiger partial charge in [0.1, 0.15) is 0 Å². The standard InChI is InChI=1S/C7H15N3/c1-9-5-7-8-3-2-4-10(7)6-9/h7-8H,2-6H2,1H3. The summed E-state index contributed by atoms with van der Waals surface area (Å²) in [5.74, 6) is 0. The van der Waals surface area contributed by atoms with Crippen molar-refractivity contribution < 1.29 is 0 Å². The Bertz CT molecular complexity index is 112. The van der Waals surface area contributed by atoms with Crippen molar-refractivity contribution in [1.29, 1.82) is 0 Å². The van der Waals surface area contributed by atoms with Crippen LogP contribution in [0.5, 0.6) is 0 Å². The molecule has 0 amide bonds. The van der Waals surface area contributed by atoms with Crippen molar-refractivity contribution in [2.45, 2.75) is 12.6 Å². The van der Waals surface area contributed by atoms with Gasteiger partial charge in [-0.25, -0.2) is 0 Å². The zero-order valence-corrected chi connectivity index (χ0v) is 6.51. The van der Waals surface area contributed by atoms with Gasteiger partial charge in [-0.1, -0.05) is 0 Å². The van der Waals surface area contributed by atoms with E-state index in [1.807, 2.05) is 0 Å². The Morgan fingerprint density at radius 3 is 3.20 bits per heavy atom. The lowest BCUT2D eigenvalue weighted by molar-refractivity contribution is 0.177. The van der Waals surface area contributed by atoms with Gasteiger partial charge in [0.2, 0.25) is 0 Å². The molecule has 1 N–H and O–H groups in total. The summed E-state index contributed by atoms with van der Waals surface area (Å²) >= 11 is 0. The Morgan fingerprint density at radius 2 is 2.40 bits per heavy atom. The first-order valence-electron chi connectivity index (χ1n) is 4.02. The third kappa shape index (κ3) is 1.05. The molecular formula is C7H15N3. The SMILES string of the molecule is CN1CC2NCCCN2C1. The summed E-state index contributed by atoms with van der Waals surface area (Å²) in [6, 6.07) is 0. The van der Waals surface area contributed by atoms with Crippen molar-refractivity contribution >= 4 is 0 Å². The molecule has 0 aromatic heterocycles. The van der Waals surface area contributed by atoms with E-state index in [0.717, 1.165) is 6.67 Å². The van der Waals surface area contributed by atoms with E-state index >= 15 is 0 Å². The Hall–Kier alpha value is -0.120. The number of hydrogen-bond donors (Lipinski definition) is 1. The zero-order valence-electron chi connectivity index (χ0n) is 6.51. The number of nitrogens with one attached hydrogen (secondary N) is 1. The molecule has 2 heterocycles. The first kappa shape index (κ1) is 6.58. The van der Waals surface area contributed by atoms with E-state index in [9.17, 15) is 0 Å². The van der Waals surface area contributed by atoms with Crippen molar-refractivity contribution in [3.05, 3.63) is 0 Å². The molecular weight excluding hydrogens is 126 g/mol. The van der Waals surface area contributed by atoms with Crippen LogP contribution in [-0.2, 0) is 0 Å². The van der Waals surface area contributed by atoms with Gasteiger partial charge in [0.25, 0.3) is 0 Å². The number of rotatable bonds is 0. The fourth-order valence-electron chi connectivity index (χ4n) is 1.85. The van der Waals surface area contributed by atoms with Gasteiger partial charge < -0.3 is 5.32 Å². The van der Waals surface area contributed by atoms with E-state index in [4.69, 9.17) is 0 Å². The van der Waals surface area contributed by atoms with Crippen LogP contribution >= 0.6 is 0 Å². The summed E-state index contributed by atoms with van der Waals surface area (Å²) in [6.45, 7) is 4.83. The predicted molar refractivity (Wildman–Crippen MR) is 40.6 cm³/mol. The molecule has 0 radical (unpaired) electrons. The van der Waals surface area contributed by atoms with E-state index < -0.39 is 0 Å². The smallest absolute Gasteiger partial charge is 0.0739 e. The van der Waals surface area contributed by atoms with Gasteiger partial charge in [-0.15, -0.1) is 0 Å². The van der Waals surface area contributed by atoms with Crippen LogP contribution in [0.4, 0.5) is 0 Å². The highest BCUT2D eigenvalue weighted by molar-refractivity contribution is 4.82. The maximum atomic E-state index is 3.50.